The molecule has 19 heavy (non-hydrogen) atoms. The van der Waals surface area contributed by atoms with Crippen LogP contribution < -0.4 is 5.32 Å². The maximum absolute atomic E-state index is 12.1. The molecule has 0 atom stereocenters. The van der Waals surface area contributed by atoms with Gasteiger partial charge in [0.15, 0.2) is 10.3 Å². The van der Waals surface area contributed by atoms with Crippen molar-refractivity contribution in [2.24, 2.45) is 0 Å². The third kappa shape index (κ3) is 3.59. The second kappa shape index (κ2) is 6.23. The van der Waals surface area contributed by atoms with Crippen molar-refractivity contribution in [3.63, 3.8) is 0 Å². The third-order valence-electron chi connectivity index (χ3n) is 2.29. The van der Waals surface area contributed by atoms with Crippen LogP contribution in [0.15, 0.2) is 35.2 Å². The number of amides is 1. The minimum atomic E-state index is -0.375. The van der Waals surface area contributed by atoms with E-state index in [1.54, 1.807) is 17.8 Å². The van der Waals surface area contributed by atoms with Crippen molar-refractivity contribution in [2.75, 3.05) is 11.6 Å². The molecular weight excluding hydrogens is 305 g/mol. The molecule has 98 valence electrons. The molecule has 1 aromatic carbocycles. The van der Waals surface area contributed by atoms with Gasteiger partial charge >= 0.3 is 0 Å². The van der Waals surface area contributed by atoms with E-state index in [4.69, 9.17) is 23.2 Å². The Balaban J connectivity index is 2.23. The fraction of sp³-hybridized carbons (Fsp3) is 0.0833. The van der Waals surface area contributed by atoms with E-state index in [0.29, 0.717) is 5.69 Å². The molecular formula is C12H9Cl2N3OS. The summed E-state index contributed by atoms with van der Waals surface area (Å²) in [5, 5.41) is 10.0. The number of hydrogen-bond acceptors (Lipinski definition) is 4. The number of nitrogens with one attached hydrogen (secondary N) is 1. The van der Waals surface area contributed by atoms with Gasteiger partial charge in [0.25, 0.3) is 5.91 Å². The van der Waals surface area contributed by atoms with Crippen LogP contribution in [-0.4, -0.2) is 22.4 Å². The molecule has 0 saturated carbocycles. The second-order valence-electron chi connectivity index (χ2n) is 3.56. The maximum atomic E-state index is 12.1. The van der Waals surface area contributed by atoms with Gasteiger partial charge in [-0.25, -0.2) is 0 Å². The lowest BCUT2D eigenvalue weighted by Crippen LogP contribution is -2.13. The molecule has 0 saturated heterocycles. The fourth-order valence-electron chi connectivity index (χ4n) is 1.41. The number of anilines is 1. The summed E-state index contributed by atoms with van der Waals surface area (Å²) in [6.45, 7) is 0. The molecule has 2 rings (SSSR count). The molecule has 1 N–H and O–H groups in total. The summed E-state index contributed by atoms with van der Waals surface area (Å²) >= 11 is 13.1. The van der Waals surface area contributed by atoms with Crippen LogP contribution in [0.5, 0.6) is 0 Å². The van der Waals surface area contributed by atoms with E-state index in [1.807, 2.05) is 24.5 Å². The predicted molar refractivity (Wildman–Crippen MR) is 78.2 cm³/mol. The Kier molecular flexibility index (Phi) is 4.63. The first kappa shape index (κ1) is 14.1. The molecule has 7 heteroatoms. The Bertz CT molecular complexity index is 622. The Morgan fingerprint density at radius 1 is 1.26 bits per heavy atom. The SMILES string of the molecule is CSc1cccc(NC(=O)c2cc(Cl)nnc2Cl)c1. The van der Waals surface area contributed by atoms with Gasteiger partial charge in [-0.05, 0) is 30.5 Å². The van der Waals surface area contributed by atoms with Crippen molar-refractivity contribution in [3.8, 4) is 0 Å². The largest absolute Gasteiger partial charge is 0.322 e. The van der Waals surface area contributed by atoms with Crippen molar-refractivity contribution in [3.05, 3.63) is 46.2 Å². The number of carbonyl (C=O) groups excluding carboxylic acids is 1. The lowest BCUT2D eigenvalue weighted by atomic mass is 10.2. The van der Waals surface area contributed by atoms with Gasteiger partial charge in [-0.2, -0.15) is 0 Å². The van der Waals surface area contributed by atoms with E-state index in [-0.39, 0.29) is 21.8 Å². The molecule has 0 aliphatic carbocycles. The number of thioether (sulfide) groups is 1. The number of nitrogens with zero attached hydrogens (tertiary/aromatic N) is 2. The molecule has 1 heterocycles. The predicted octanol–water partition coefficient (Wildman–Crippen LogP) is 3.76. The number of carbonyl (C=O) groups is 1. The van der Waals surface area contributed by atoms with Crippen LogP contribution in [0.2, 0.25) is 10.3 Å². The standard InChI is InChI=1S/C12H9Cl2N3OS/c1-19-8-4-2-3-7(5-8)15-12(18)9-6-10(13)16-17-11(9)14/h2-6H,1H3,(H,15,18). The molecule has 0 aliphatic heterocycles. The molecule has 0 bridgehead atoms. The lowest BCUT2D eigenvalue weighted by Gasteiger charge is -2.07. The molecule has 0 spiro atoms. The minimum Gasteiger partial charge on any atom is -0.322 e. The number of aromatic nitrogens is 2. The second-order valence-corrected chi connectivity index (χ2v) is 5.18. The highest BCUT2D eigenvalue weighted by atomic mass is 35.5. The topological polar surface area (TPSA) is 54.9 Å². The van der Waals surface area contributed by atoms with Gasteiger partial charge in [0.2, 0.25) is 0 Å². The zero-order valence-electron chi connectivity index (χ0n) is 9.85. The van der Waals surface area contributed by atoms with Crippen LogP contribution >= 0.6 is 35.0 Å². The average molecular weight is 314 g/mol. The maximum Gasteiger partial charge on any atom is 0.258 e. The number of halogens is 2. The summed E-state index contributed by atoms with van der Waals surface area (Å²) < 4.78 is 0. The van der Waals surface area contributed by atoms with Gasteiger partial charge in [0, 0.05) is 10.6 Å². The van der Waals surface area contributed by atoms with E-state index in [2.05, 4.69) is 15.5 Å². The Morgan fingerprint density at radius 2 is 2.05 bits per heavy atom. The molecule has 0 fully saturated rings. The van der Waals surface area contributed by atoms with E-state index in [9.17, 15) is 4.79 Å². The fourth-order valence-corrected chi connectivity index (χ4v) is 2.20. The average Bonchev–Trinajstić information content (AvgIpc) is 2.41. The number of hydrogen-bond donors (Lipinski definition) is 1. The van der Waals surface area contributed by atoms with Crippen molar-refractivity contribution in [1.82, 2.24) is 10.2 Å². The Hall–Kier alpha value is -1.30. The highest BCUT2D eigenvalue weighted by Crippen LogP contribution is 2.21. The van der Waals surface area contributed by atoms with Crippen molar-refractivity contribution < 1.29 is 4.79 Å². The van der Waals surface area contributed by atoms with E-state index in [0.717, 1.165) is 4.90 Å². The van der Waals surface area contributed by atoms with Gasteiger partial charge in [-0.3, -0.25) is 4.79 Å². The zero-order valence-corrected chi connectivity index (χ0v) is 12.2. The highest BCUT2D eigenvalue weighted by Gasteiger charge is 2.13. The molecule has 0 unspecified atom stereocenters. The van der Waals surface area contributed by atoms with E-state index >= 15 is 0 Å². The molecule has 0 radical (unpaired) electrons. The smallest absolute Gasteiger partial charge is 0.258 e. The summed E-state index contributed by atoms with van der Waals surface area (Å²) in [4.78, 5) is 13.1. The molecule has 1 amide bonds. The molecule has 4 nitrogen and oxygen atoms in total. The summed E-state index contributed by atoms with van der Waals surface area (Å²) in [6.07, 6.45) is 1.96. The van der Waals surface area contributed by atoms with Gasteiger partial charge in [-0.1, -0.05) is 29.3 Å². The monoisotopic (exact) mass is 313 g/mol. The van der Waals surface area contributed by atoms with E-state index in [1.165, 1.54) is 6.07 Å². The van der Waals surface area contributed by atoms with E-state index < -0.39 is 0 Å². The Labute approximate surface area is 124 Å². The quantitative estimate of drug-likeness (QED) is 0.877. The first-order valence-corrected chi connectivity index (χ1v) is 7.22. The van der Waals surface area contributed by atoms with Gasteiger partial charge in [0.1, 0.15) is 0 Å². The van der Waals surface area contributed by atoms with Crippen LogP contribution in [-0.2, 0) is 0 Å². The third-order valence-corrected chi connectivity index (χ3v) is 3.48. The number of benzene rings is 1. The van der Waals surface area contributed by atoms with Gasteiger partial charge in [-0.15, -0.1) is 22.0 Å². The summed E-state index contributed by atoms with van der Waals surface area (Å²) in [5.74, 6) is -0.375. The minimum absolute atomic E-state index is 0.0166. The zero-order chi connectivity index (χ0) is 13.8. The first-order valence-electron chi connectivity index (χ1n) is 5.24. The molecule has 1 aromatic heterocycles. The van der Waals surface area contributed by atoms with Crippen molar-refractivity contribution in [1.29, 1.82) is 0 Å². The molecule has 0 aliphatic rings. The van der Waals surface area contributed by atoms with Crippen LogP contribution in [0.1, 0.15) is 10.4 Å². The summed E-state index contributed by atoms with van der Waals surface area (Å²) in [7, 11) is 0. The number of rotatable bonds is 3. The lowest BCUT2D eigenvalue weighted by molar-refractivity contribution is 0.102. The van der Waals surface area contributed by atoms with Crippen molar-refractivity contribution in [2.45, 2.75) is 4.90 Å². The van der Waals surface area contributed by atoms with Crippen LogP contribution in [0.4, 0.5) is 5.69 Å². The summed E-state index contributed by atoms with van der Waals surface area (Å²) in [5.41, 5.74) is 0.872. The van der Waals surface area contributed by atoms with Gasteiger partial charge < -0.3 is 5.32 Å². The van der Waals surface area contributed by atoms with Gasteiger partial charge in [0.05, 0.1) is 5.56 Å². The van der Waals surface area contributed by atoms with Crippen LogP contribution in [0.25, 0.3) is 0 Å². The Morgan fingerprint density at radius 3 is 2.79 bits per heavy atom. The highest BCUT2D eigenvalue weighted by molar-refractivity contribution is 7.98. The first-order chi connectivity index (χ1) is 9.10. The van der Waals surface area contributed by atoms with Crippen LogP contribution in [0.3, 0.4) is 0 Å². The normalized spacial score (nSPS) is 10.3. The van der Waals surface area contributed by atoms with Crippen molar-refractivity contribution >= 4 is 46.6 Å². The molecule has 2 aromatic rings. The van der Waals surface area contributed by atoms with Crippen LogP contribution in [0, 0.1) is 0 Å². The summed E-state index contributed by atoms with van der Waals surface area (Å²) in [6, 6.07) is 8.86.